The Labute approximate surface area is 113 Å². The summed E-state index contributed by atoms with van der Waals surface area (Å²) in [5.74, 6) is 0.715. The lowest BCUT2D eigenvalue weighted by molar-refractivity contribution is -0.115. The highest BCUT2D eigenvalue weighted by Crippen LogP contribution is 2.14. The van der Waals surface area contributed by atoms with Gasteiger partial charge in [0.25, 0.3) is 0 Å². The van der Waals surface area contributed by atoms with Gasteiger partial charge in [-0.1, -0.05) is 0 Å². The topological polar surface area (TPSA) is 71.0 Å². The van der Waals surface area contributed by atoms with E-state index in [1.165, 1.54) is 0 Å². The van der Waals surface area contributed by atoms with Gasteiger partial charge >= 0.3 is 0 Å². The van der Waals surface area contributed by atoms with Crippen molar-refractivity contribution < 1.29 is 4.79 Å². The van der Waals surface area contributed by atoms with Crippen LogP contribution < -0.4 is 16.0 Å². The maximum absolute atomic E-state index is 11.9. The molecule has 1 aromatic heterocycles. The molecule has 0 bridgehead atoms. The van der Waals surface area contributed by atoms with Crippen molar-refractivity contribution >= 4 is 11.7 Å². The molecule has 1 atom stereocenters. The van der Waals surface area contributed by atoms with Gasteiger partial charge in [-0.2, -0.15) is 5.10 Å². The van der Waals surface area contributed by atoms with Gasteiger partial charge in [-0.05, 0) is 33.7 Å². The lowest BCUT2D eigenvalue weighted by Crippen LogP contribution is -2.47. The molecule has 1 aliphatic rings. The molecule has 1 saturated heterocycles. The minimum Gasteiger partial charge on any atom is -0.315 e. The second-order valence-electron chi connectivity index (χ2n) is 5.64. The first-order chi connectivity index (χ1) is 9.00. The predicted octanol–water partition coefficient (Wildman–Crippen LogP) is 0.744. The summed E-state index contributed by atoms with van der Waals surface area (Å²) >= 11 is 0. The third-order valence-corrected chi connectivity index (χ3v) is 3.47. The third kappa shape index (κ3) is 3.54. The molecule has 0 spiro atoms. The second-order valence-corrected chi connectivity index (χ2v) is 5.64. The summed E-state index contributed by atoms with van der Waals surface area (Å²) in [5.41, 5.74) is 0.0234. The van der Waals surface area contributed by atoms with Crippen molar-refractivity contribution in [1.82, 2.24) is 20.4 Å². The van der Waals surface area contributed by atoms with E-state index >= 15 is 0 Å². The van der Waals surface area contributed by atoms with Gasteiger partial charge < -0.3 is 16.0 Å². The molecular weight excluding hydrogens is 242 g/mol. The largest absolute Gasteiger partial charge is 0.315 e. The zero-order chi connectivity index (χ0) is 13.9. The molecule has 3 N–H and O–H groups in total. The normalized spacial score (nSPS) is 22.9. The molecule has 1 unspecified atom stereocenters. The van der Waals surface area contributed by atoms with Gasteiger partial charge in [0.2, 0.25) is 5.91 Å². The maximum atomic E-state index is 11.9. The van der Waals surface area contributed by atoms with Crippen LogP contribution in [-0.2, 0) is 4.79 Å². The fraction of sp³-hybridized carbons (Fsp3) is 0.692. The lowest BCUT2D eigenvalue weighted by Gasteiger charge is -2.24. The number of carbonyl (C=O) groups is 1. The summed E-state index contributed by atoms with van der Waals surface area (Å²) in [6.45, 7) is 8.44. The number of carbonyl (C=O) groups excluding carboxylic acids is 1. The van der Waals surface area contributed by atoms with Crippen LogP contribution in [0.25, 0.3) is 0 Å². The van der Waals surface area contributed by atoms with Crippen molar-refractivity contribution in [3.8, 4) is 0 Å². The van der Waals surface area contributed by atoms with Crippen molar-refractivity contribution in [2.75, 3.05) is 25.0 Å². The monoisotopic (exact) mass is 265 g/mol. The van der Waals surface area contributed by atoms with Gasteiger partial charge in [0, 0.05) is 24.2 Å². The van der Waals surface area contributed by atoms with Crippen LogP contribution in [-0.4, -0.2) is 40.9 Å². The molecule has 0 aliphatic carbocycles. The smallest absolute Gasteiger partial charge is 0.239 e. The Morgan fingerprint density at radius 1 is 1.63 bits per heavy atom. The summed E-state index contributed by atoms with van der Waals surface area (Å²) in [6.07, 6.45) is 2.75. The average molecular weight is 265 g/mol. The number of amides is 1. The molecule has 6 nitrogen and oxygen atoms in total. The zero-order valence-corrected chi connectivity index (χ0v) is 11.9. The standard InChI is InChI=1S/C13H23N5O/c1-10(2)18-11(4-6-16-18)17-12(19)8-15-13(3)5-7-14-9-13/h4,6,10,14-15H,5,7-9H2,1-3H3,(H,17,19). The van der Waals surface area contributed by atoms with Crippen LogP contribution in [0.4, 0.5) is 5.82 Å². The lowest BCUT2D eigenvalue weighted by atomic mass is 10.0. The highest BCUT2D eigenvalue weighted by atomic mass is 16.2. The fourth-order valence-corrected chi connectivity index (χ4v) is 2.27. The van der Waals surface area contributed by atoms with Crippen LogP contribution >= 0.6 is 0 Å². The van der Waals surface area contributed by atoms with Gasteiger partial charge in [-0.3, -0.25) is 4.79 Å². The molecule has 2 rings (SSSR count). The molecule has 0 saturated carbocycles. The molecule has 1 aromatic rings. The van der Waals surface area contributed by atoms with Crippen molar-refractivity contribution in [3.05, 3.63) is 12.3 Å². The van der Waals surface area contributed by atoms with E-state index < -0.39 is 0 Å². The molecule has 1 amide bonds. The van der Waals surface area contributed by atoms with Crippen LogP contribution in [0.15, 0.2) is 12.3 Å². The van der Waals surface area contributed by atoms with Gasteiger partial charge in [0.1, 0.15) is 5.82 Å². The van der Waals surface area contributed by atoms with Gasteiger partial charge in [0.15, 0.2) is 0 Å². The van der Waals surface area contributed by atoms with Crippen molar-refractivity contribution in [2.45, 2.75) is 38.8 Å². The summed E-state index contributed by atoms with van der Waals surface area (Å²) in [6, 6.07) is 2.05. The number of hydrogen-bond acceptors (Lipinski definition) is 4. The van der Waals surface area contributed by atoms with Crippen LogP contribution in [0.1, 0.15) is 33.2 Å². The van der Waals surface area contributed by atoms with Crippen LogP contribution in [0.5, 0.6) is 0 Å². The summed E-state index contributed by atoms with van der Waals surface area (Å²) in [4.78, 5) is 11.9. The summed E-state index contributed by atoms with van der Waals surface area (Å²) in [7, 11) is 0. The predicted molar refractivity (Wildman–Crippen MR) is 75.1 cm³/mol. The summed E-state index contributed by atoms with van der Waals surface area (Å²) in [5, 5.41) is 13.7. The Kier molecular flexibility index (Phi) is 4.21. The van der Waals surface area contributed by atoms with Crippen LogP contribution in [0.3, 0.4) is 0 Å². The molecular formula is C13H23N5O. The first-order valence-electron chi connectivity index (χ1n) is 6.79. The van der Waals surface area contributed by atoms with Gasteiger partial charge in [-0.15, -0.1) is 0 Å². The highest BCUT2D eigenvalue weighted by Gasteiger charge is 2.28. The van der Waals surface area contributed by atoms with Gasteiger partial charge in [-0.25, -0.2) is 4.68 Å². The quantitative estimate of drug-likeness (QED) is 0.734. The first kappa shape index (κ1) is 14.0. The first-order valence-corrected chi connectivity index (χ1v) is 6.79. The van der Waals surface area contributed by atoms with E-state index in [1.54, 1.807) is 10.9 Å². The Bertz CT molecular complexity index is 434. The average Bonchev–Trinajstić information content (AvgIpc) is 2.96. The van der Waals surface area contributed by atoms with Crippen LogP contribution in [0, 0.1) is 0 Å². The molecule has 6 heteroatoms. The molecule has 0 radical (unpaired) electrons. The van der Waals surface area contributed by atoms with E-state index in [1.807, 2.05) is 19.9 Å². The molecule has 106 valence electrons. The van der Waals surface area contributed by atoms with E-state index in [2.05, 4.69) is 28.0 Å². The van der Waals surface area contributed by atoms with Crippen molar-refractivity contribution in [1.29, 1.82) is 0 Å². The Balaban J connectivity index is 1.85. The Hall–Kier alpha value is -1.40. The minimum absolute atomic E-state index is 0.0234. The summed E-state index contributed by atoms with van der Waals surface area (Å²) < 4.78 is 1.80. The number of hydrogen-bond donors (Lipinski definition) is 3. The minimum atomic E-state index is -0.0319. The van der Waals surface area contributed by atoms with Crippen molar-refractivity contribution in [3.63, 3.8) is 0 Å². The van der Waals surface area contributed by atoms with Gasteiger partial charge in [0.05, 0.1) is 12.7 Å². The molecule has 19 heavy (non-hydrogen) atoms. The van der Waals surface area contributed by atoms with Crippen molar-refractivity contribution in [2.24, 2.45) is 0 Å². The van der Waals surface area contributed by atoms with E-state index in [4.69, 9.17) is 0 Å². The number of anilines is 1. The van der Waals surface area contributed by atoms with Crippen LogP contribution in [0.2, 0.25) is 0 Å². The molecule has 2 heterocycles. The maximum Gasteiger partial charge on any atom is 0.239 e. The zero-order valence-electron chi connectivity index (χ0n) is 11.9. The third-order valence-electron chi connectivity index (χ3n) is 3.47. The molecule has 1 aliphatic heterocycles. The Morgan fingerprint density at radius 2 is 2.42 bits per heavy atom. The van der Waals surface area contributed by atoms with E-state index in [0.29, 0.717) is 6.54 Å². The second kappa shape index (κ2) is 5.71. The molecule has 0 aromatic carbocycles. The number of rotatable bonds is 5. The van der Waals surface area contributed by atoms with E-state index in [9.17, 15) is 4.79 Å². The van der Waals surface area contributed by atoms with E-state index in [0.717, 1.165) is 25.3 Å². The molecule has 1 fully saturated rings. The van der Waals surface area contributed by atoms with E-state index in [-0.39, 0.29) is 17.5 Å². The Morgan fingerprint density at radius 3 is 3.05 bits per heavy atom. The fourth-order valence-electron chi connectivity index (χ4n) is 2.27. The number of nitrogens with zero attached hydrogens (tertiary/aromatic N) is 2. The SMILES string of the molecule is CC(C)n1nccc1NC(=O)CNC1(C)CCNC1. The number of nitrogens with one attached hydrogen (secondary N) is 3. The highest BCUT2D eigenvalue weighted by molar-refractivity contribution is 5.91. The number of aromatic nitrogens is 2.